The number of carbonyl (C=O) groups excluding carboxylic acids is 3. The maximum absolute atomic E-state index is 12.8. The van der Waals surface area contributed by atoms with Crippen LogP contribution in [0, 0.1) is 0 Å². The summed E-state index contributed by atoms with van der Waals surface area (Å²) in [6, 6.07) is 7.41. The van der Waals surface area contributed by atoms with Crippen LogP contribution in [0.3, 0.4) is 0 Å². The lowest BCUT2D eigenvalue weighted by molar-refractivity contribution is -0.120. The van der Waals surface area contributed by atoms with E-state index in [4.69, 9.17) is 12.2 Å². The summed E-state index contributed by atoms with van der Waals surface area (Å²) in [6.07, 6.45) is 11.7. The van der Waals surface area contributed by atoms with Crippen molar-refractivity contribution in [3.63, 3.8) is 0 Å². The second kappa shape index (κ2) is 9.25. The van der Waals surface area contributed by atoms with Crippen LogP contribution in [0.15, 0.2) is 24.3 Å². The fraction of sp³-hybridized carbons (Fsp3) is 0.565. The summed E-state index contributed by atoms with van der Waals surface area (Å²) in [6.45, 7) is -0.310. The Bertz CT molecular complexity index is 791. The molecule has 30 heavy (non-hydrogen) atoms. The maximum Gasteiger partial charge on any atom is 0.262 e. The Hall–Kier alpha value is -2.28. The van der Waals surface area contributed by atoms with Gasteiger partial charge in [-0.15, -0.1) is 0 Å². The monoisotopic (exact) mass is 427 g/mol. The summed E-state index contributed by atoms with van der Waals surface area (Å²) >= 11 is 5.69. The predicted molar refractivity (Wildman–Crippen MR) is 118 cm³/mol. The lowest BCUT2D eigenvalue weighted by Crippen LogP contribution is -2.55. The predicted octanol–water partition coefficient (Wildman–Crippen LogP) is 3.65. The minimum Gasteiger partial charge on any atom is -0.343 e. The number of imide groups is 1. The summed E-state index contributed by atoms with van der Waals surface area (Å²) in [4.78, 5) is 41.1. The van der Waals surface area contributed by atoms with E-state index in [9.17, 15) is 14.4 Å². The Balaban J connectivity index is 1.42. The first-order chi connectivity index (χ1) is 14.6. The van der Waals surface area contributed by atoms with Crippen LogP contribution in [0.25, 0.3) is 0 Å². The molecule has 3 aliphatic rings. The number of nitrogens with zero attached hydrogens (tertiary/aromatic N) is 2. The van der Waals surface area contributed by atoms with E-state index in [2.05, 4.69) is 10.2 Å². The molecule has 4 rings (SSSR count). The number of thiocarbonyl (C=S) groups is 1. The van der Waals surface area contributed by atoms with E-state index in [0.29, 0.717) is 28.3 Å². The number of rotatable bonds is 4. The Labute approximate surface area is 183 Å². The van der Waals surface area contributed by atoms with Gasteiger partial charge in [-0.3, -0.25) is 19.3 Å². The van der Waals surface area contributed by atoms with Crippen molar-refractivity contribution < 1.29 is 14.4 Å². The van der Waals surface area contributed by atoms with Crippen LogP contribution in [0.5, 0.6) is 0 Å². The zero-order valence-corrected chi connectivity index (χ0v) is 18.1. The van der Waals surface area contributed by atoms with Gasteiger partial charge < -0.3 is 10.2 Å². The van der Waals surface area contributed by atoms with Crippen LogP contribution >= 0.6 is 12.2 Å². The molecule has 0 spiro atoms. The Morgan fingerprint density at radius 3 is 1.83 bits per heavy atom. The van der Waals surface area contributed by atoms with Gasteiger partial charge in [0, 0.05) is 12.1 Å². The van der Waals surface area contributed by atoms with Crippen molar-refractivity contribution in [2.75, 3.05) is 6.54 Å². The molecule has 0 saturated heterocycles. The van der Waals surface area contributed by atoms with Crippen LogP contribution in [-0.2, 0) is 4.79 Å². The quantitative estimate of drug-likeness (QED) is 0.587. The van der Waals surface area contributed by atoms with Crippen molar-refractivity contribution in [1.82, 2.24) is 15.1 Å². The largest absolute Gasteiger partial charge is 0.343 e. The van der Waals surface area contributed by atoms with E-state index in [1.54, 1.807) is 24.3 Å². The highest BCUT2D eigenvalue weighted by atomic mass is 32.1. The van der Waals surface area contributed by atoms with Gasteiger partial charge in [0.2, 0.25) is 5.91 Å². The Morgan fingerprint density at radius 1 is 0.900 bits per heavy atom. The number of benzene rings is 1. The third-order valence-electron chi connectivity index (χ3n) is 6.60. The molecule has 2 aliphatic carbocycles. The first kappa shape index (κ1) is 21.0. The van der Waals surface area contributed by atoms with E-state index in [1.165, 1.54) is 38.5 Å². The fourth-order valence-electron chi connectivity index (χ4n) is 5.10. The van der Waals surface area contributed by atoms with Crippen molar-refractivity contribution in [3.05, 3.63) is 35.4 Å². The molecule has 3 amide bonds. The molecular weight excluding hydrogens is 398 g/mol. The fourth-order valence-corrected chi connectivity index (χ4v) is 5.51. The number of fused-ring (bicyclic) bond motifs is 1. The van der Waals surface area contributed by atoms with Crippen molar-refractivity contribution in [3.8, 4) is 0 Å². The van der Waals surface area contributed by atoms with Crippen LogP contribution in [0.1, 0.15) is 84.9 Å². The molecule has 160 valence electrons. The molecule has 6 nitrogen and oxygen atoms in total. The van der Waals surface area contributed by atoms with Crippen molar-refractivity contribution >= 4 is 35.1 Å². The van der Waals surface area contributed by atoms with E-state index < -0.39 is 17.7 Å². The van der Waals surface area contributed by atoms with E-state index in [1.807, 2.05) is 0 Å². The average Bonchev–Trinajstić information content (AvgIpc) is 3.00. The van der Waals surface area contributed by atoms with Gasteiger partial charge in [-0.2, -0.15) is 0 Å². The second-order valence-corrected chi connectivity index (χ2v) is 8.97. The standard InChI is InChI=1S/C23H29N3O3S/c27-20(15-25-21(28)18-13-7-8-14-19(18)22(25)29)24-23(30)26(16-9-3-1-4-10-16)17-11-5-2-6-12-17/h7-8,13-14,16-17H,1-6,9-12,15H2,(H,24,27,30). The number of amides is 3. The molecule has 2 saturated carbocycles. The van der Waals surface area contributed by atoms with Crippen LogP contribution in [-0.4, -0.2) is 51.3 Å². The van der Waals surface area contributed by atoms with Gasteiger partial charge in [-0.25, -0.2) is 0 Å². The smallest absolute Gasteiger partial charge is 0.262 e. The summed E-state index contributed by atoms with van der Waals surface area (Å²) in [5.74, 6) is -1.26. The summed E-state index contributed by atoms with van der Waals surface area (Å²) in [7, 11) is 0. The number of nitrogens with one attached hydrogen (secondary N) is 1. The molecule has 0 unspecified atom stereocenters. The third kappa shape index (κ3) is 4.26. The zero-order valence-electron chi connectivity index (χ0n) is 17.3. The molecule has 1 N–H and O–H groups in total. The van der Waals surface area contributed by atoms with Crippen molar-refractivity contribution in [2.24, 2.45) is 0 Å². The normalized spacial score (nSPS) is 20.2. The van der Waals surface area contributed by atoms with Gasteiger partial charge in [0.1, 0.15) is 6.54 Å². The molecule has 7 heteroatoms. The number of hydrogen-bond acceptors (Lipinski definition) is 4. The van der Waals surface area contributed by atoms with Gasteiger partial charge >= 0.3 is 0 Å². The van der Waals surface area contributed by atoms with Gasteiger partial charge in [-0.05, 0) is 50.0 Å². The molecule has 1 aromatic rings. The molecule has 1 aliphatic heterocycles. The highest BCUT2D eigenvalue weighted by molar-refractivity contribution is 7.80. The van der Waals surface area contributed by atoms with Gasteiger partial charge in [-0.1, -0.05) is 50.7 Å². The third-order valence-corrected chi connectivity index (χ3v) is 6.91. The lowest BCUT2D eigenvalue weighted by atomic mass is 9.89. The van der Waals surface area contributed by atoms with E-state index in [0.717, 1.165) is 30.6 Å². The van der Waals surface area contributed by atoms with Crippen molar-refractivity contribution in [1.29, 1.82) is 0 Å². The molecule has 0 bridgehead atoms. The molecular formula is C23H29N3O3S. The molecule has 2 fully saturated rings. The summed E-state index contributed by atoms with van der Waals surface area (Å²) in [5, 5.41) is 3.30. The highest BCUT2D eigenvalue weighted by Crippen LogP contribution is 2.30. The molecule has 1 aromatic carbocycles. The second-order valence-electron chi connectivity index (χ2n) is 8.59. The maximum atomic E-state index is 12.8. The Morgan fingerprint density at radius 2 is 1.37 bits per heavy atom. The number of hydrogen-bond donors (Lipinski definition) is 1. The molecule has 0 atom stereocenters. The first-order valence-corrected chi connectivity index (χ1v) is 11.5. The minimum absolute atomic E-state index is 0.310. The van der Waals surface area contributed by atoms with Gasteiger partial charge in [0.05, 0.1) is 11.1 Å². The van der Waals surface area contributed by atoms with Crippen LogP contribution in [0.4, 0.5) is 0 Å². The summed E-state index contributed by atoms with van der Waals surface area (Å²) < 4.78 is 0. The summed E-state index contributed by atoms with van der Waals surface area (Å²) in [5.41, 5.74) is 0.702. The van der Waals surface area contributed by atoms with Crippen LogP contribution < -0.4 is 5.32 Å². The zero-order chi connectivity index (χ0) is 21.1. The van der Waals surface area contributed by atoms with Crippen LogP contribution in [0.2, 0.25) is 0 Å². The number of carbonyl (C=O) groups is 3. The van der Waals surface area contributed by atoms with Gasteiger partial charge in [0.15, 0.2) is 5.11 Å². The van der Waals surface area contributed by atoms with Gasteiger partial charge in [0.25, 0.3) is 11.8 Å². The molecule has 1 heterocycles. The Kier molecular flexibility index (Phi) is 6.46. The lowest BCUT2D eigenvalue weighted by Gasteiger charge is -2.43. The van der Waals surface area contributed by atoms with E-state index in [-0.39, 0.29) is 6.54 Å². The van der Waals surface area contributed by atoms with Crippen molar-refractivity contribution in [2.45, 2.75) is 76.3 Å². The highest BCUT2D eigenvalue weighted by Gasteiger charge is 2.37. The minimum atomic E-state index is -0.423. The average molecular weight is 428 g/mol. The first-order valence-electron chi connectivity index (χ1n) is 11.1. The SMILES string of the molecule is O=C(CN1C(=O)c2ccccc2C1=O)NC(=S)N(C1CCCCC1)C1CCCCC1. The topological polar surface area (TPSA) is 69.7 Å². The molecule has 0 aromatic heterocycles. The molecule has 0 radical (unpaired) electrons. The van der Waals surface area contributed by atoms with E-state index >= 15 is 0 Å².